The van der Waals surface area contributed by atoms with Crippen molar-refractivity contribution in [3.63, 3.8) is 0 Å². The highest BCUT2D eigenvalue weighted by Crippen LogP contribution is 2.29. The summed E-state index contributed by atoms with van der Waals surface area (Å²) in [6.07, 6.45) is 0.102. The van der Waals surface area contributed by atoms with E-state index in [0.717, 1.165) is 5.56 Å². The Balaban J connectivity index is 1.92. The molecule has 7 nitrogen and oxygen atoms in total. The van der Waals surface area contributed by atoms with E-state index >= 15 is 0 Å². The molecule has 2 aromatic rings. The fourth-order valence-corrected chi connectivity index (χ4v) is 4.19. The second-order valence-corrected chi connectivity index (χ2v) is 7.80. The Labute approximate surface area is 158 Å². The van der Waals surface area contributed by atoms with Gasteiger partial charge in [-0.3, -0.25) is 4.79 Å². The van der Waals surface area contributed by atoms with Crippen LogP contribution in [0.25, 0.3) is 11.1 Å². The summed E-state index contributed by atoms with van der Waals surface area (Å²) in [7, 11) is -1.18. The summed E-state index contributed by atoms with van der Waals surface area (Å²) in [4.78, 5) is 12.1. The second-order valence-electron chi connectivity index (χ2n) is 6.11. The Morgan fingerprint density at radius 3 is 2.44 bits per heavy atom. The SMILES string of the molecule is COC(=O)C(CC1CO1)NS(=O)(=O)c1ccccc1-c1ccc(OC)cc1. The van der Waals surface area contributed by atoms with Gasteiger partial charge in [0.15, 0.2) is 0 Å². The van der Waals surface area contributed by atoms with Crippen molar-refractivity contribution in [2.75, 3.05) is 20.8 Å². The van der Waals surface area contributed by atoms with Crippen LogP contribution in [0.3, 0.4) is 0 Å². The fourth-order valence-electron chi connectivity index (χ4n) is 2.76. The van der Waals surface area contributed by atoms with E-state index in [0.29, 0.717) is 17.9 Å². The third-order valence-electron chi connectivity index (χ3n) is 4.26. The molecule has 1 fully saturated rings. The van der Waals surface area contributed by atoms with Crippen LogP contribution in [-0.4, -0.2) is 47.4 Å². The third-order valence-corrected chi connectivity index (χ3v) is 5.79. The van der Waals surface area contributed by atoms with Gasteiger partial charge >= 0.3 is 5.97 Å². The summed E-state index contributed by atoms with van der Waals surface area (Å²) in [5, 5.41) is 0. The molecule has 8 heteroatoms. The minimum absolute atomic E-state index is 0.0841. The van der Waals surface area contributed by atoms with Crippen LogP contribution in [0, 0.1) is 0 Å². The first kappa shape index (κ1) is 19.3. The Kier molecular flexibility index (Phi) is 5.79. The number of benzene rings is 2. The van der Waals surface area contributed by atoms with Crippen molar-refractivity contribution in [3.8, 4) is 16.9 Å². The van der Waals surface area contributed by atoms with Crippen molar-refractivity contribution >= 4 is 16.0 Å². The van der Waals surface area contributed by atoms with Crippen LogP contribution in [0.2, 0.25) is 0 Å². The maximum absolute atomic E-state index is 13.0. The largest absolute Gasteiger partial charge is 0.497 e. The molecule has 0 bridgehead atoms. The molecule has 2 atom stereocenters. The maximum atomic E-state index is 13.0. The average molecular weight is 391 g/mol. The molecular formula is C19H21NO6S. The highest BCUT2D eigenvalue weighted by atomic mass is 32.2. The average Bonchev–Trinajstić information content (AvgIpc) is 3.51. The lowest BCUT2D eigenvalue weighted by Gasteiger charge is -2.17. The summed E-state index contributed by atoms with van der Waals surface area (Å²) < 4.78 is 43.4. The van der Waals surface area contributed by atoms with E-state index in [-0.39, 0.29) is 17.4 Å². The first-order chi connectivity index (χ1) is 12.9. The molecule has 144 valence electrons. The third kappa shape index (κ3) is 4.65. The summed E-state index contributed by atoms with van der Waals surface area (Å²) >= 11 is 0. The first-order valence-electron chi connectivity index (χ1n) is 8.40. The van der Waals surface area contributed by atoms with Crippen LogP contribution in [-0.2, 0) is 24.3 Å². The summed E-state index contributed by atoms with van der Waals surface area (Å²) in [5.74, 6) is 0.0309. The molecule has 2 aromatic carbocycles. The molecule has 0 aromatic heterocycles. The topological polar surface area (TPSA) is 94.2 Å². The highest BCUT2D eigenvalue weighted by Gasteiger charge is 2.34. The van der Waals surface area contributed by atoms with E-state index in [9.17, 15) is 13.2 Å². The van der Waals surface area contributed by atoms with Crippen molar-refractivity contribution in [1.29, 1.82) is 0 Å². The molecule has 1 aliphatic rings. The van der Waals surface area contributed by atoms with Gasteiger partial charge in [0.25, 0.3) is 0 Å². The van der Waals surface area contributed by atoms with Gasteiger partial charge in [0.2, 0.25) is 10.0 Å². The van der Waals surface area contributed by atoms with Crippen LogP contribution in [0.1, 0.15) is 6.42 Å². The lowest BCUT2D eigenvalue weighted by molar-refractivity contribution is -0.142. The van der Waals surface area contributed by atoms with Gasteiger partial charge in [-0.05, 0) is 23.8 Å². The lowest BCUT2D eigenvalue weighted by Crippen LogP contribution is -2.42. The molecule has 0 spiro atoms. The van der Waals surface area contributed by atoms with Crippen molar-refractivity contribution in [2.45, 2.75) is 23.5 Å². The van der Waals surface area contributed by atoms with Crippen molar-refractivity contribution in [2.24, 2.45) is 0 Å². The molecule has 27 heavy (non-hydrogen) atoms. The van der Waals surface area contributed by atoms with E-state index in [1.165, 1.54) is 13.2 Å². The van der Waals surface area contributed by atoms with Gasteiger partial charge in [0.05, 0.1) is 31.8 Å². The smallest absolute Gasteiger partial charge is 0.324 e. The number of esters is 1. The van der Waals surface area contributed by atoms with Crippen molar-refractivity contribution < 1.29 is 27.4 Å². The minimum Gasteiger partial charge on any atom is -0.497 e. The van der Waals surface area contributed by atoms with Gasteiger partial charge in [-0.1, -0.05) is 30.3 Å². The van der Waals surface area contributed by atoms with Crippen LogP contribution in [0.4, 0.5) is 0 Å². The van der Waals surface area contributed by atoms with Crippen molar-refractivity contribution in [3.05, 3.63) is 48.5 Å². The lowest BCUT2D eigenvalue weighted by atomic mass is 10.1. The van der Waals surface area contributed by atoms with Gasteiger partial charge in [0.1, 0.15) is 11.8 Å². The standard InChI is InChI=1S/C19H21NO6S/c1-24-14-9-7-13(8-10-14)16-5-3-4-6-18(16)27(22,23)20-17(19(21)25-2)11-15-12-26-15/h3-10,15,17,20H,11-12H2,1-2H3. The molecule has 0 amide bonds. The molecule has 1 saturated heterocycles. The molecule has 3 rings (SSSR count). The minimum atomic E-state index is -3.96. The van der Waals surface area contributed by atoms with Gasteiger partial charge in [0, 0.05) is 12.0 Å². The molecule has 0 aliphatic carbocycles. The van der Waals surface area contributed by atoms with E-state index in [1.807, 2.05) is 0 Å². The van der Waals surface area contributed by atoms with Crippen LogP contribution in [0.15, 0.2) is 53.4 Å². The van der Waals surface area contributed by atoms with E-state index < -0.39 is 22.0 Å². The zero-order valence-corrected chi connectivity index (χ0v) is 15.9. The first-order valence-corrected chi connectivity index (χ1v) is 9.88. The van der Waals surface area contributed by atoms with E-state index in [2.05, 4.69) is 4.72 Å². The number of ether oxygens (including phenoxy) is 3. The Morgan fingerprint density at radius 2 is 1.85 bits per heavy atom. The Bertz CT molecular complexity index is 906. The number of methoxy groups -OCH3 is 2. The molecule has 1 aliphatic heterocycles. The van der Waals surface area contributed by atoms with Crippen LogP contribution < -0.4 is 9.46 Å². The number of hydrogen-bond donors (Lipinski definition) is 1. The quantitative estimate of drug-likeness (QED) is 0.546. The number of epoxide rings is 1. The van der Waals surface area contributed by atoms with Crippen molar-refractivity contribution in [1.82, 2.24) is 4.72 Å². The number of carbonyl (C=O) groups is 1. The number of carbonyl (C=O) groups excluding carboxylic acids is 1. The molecular weight excluding hydrogens is 370 g/mol. The van der Waals surface area contributed by atoms with Gasteiger partial charge < -0.3 is 14.2 Å². The predicted molar refractivity (Wildman–Crippen MR) is 98.9 cm³/mol. The summed E-state index contributed by atoms with van der Waals surface area (Å²) in [6, 6.07) is 12.7. The molecule has 0 radical (unpaired) electrons. The second kappa shape index (κ2) is 8.08. The van der Waals surface area contributed by atoms with Gasteiger partial charge in [-0.25, -0.2) is 8.42 Å². The summed E-state index contributed by atoms with van der Waals surface area (Å²) in [6.45, 7) is 0.512. The Hall–Kier alpha value is -2.42. The maximum Gasteiger partial charge on any atom is 0.324 e. The molecule has 0 saturated carbocycles. The number of rotatable bonds is 8. The normalized spacial score (nSPS) is 17.2. The Morgan fingerprint density at radius 1 is 1.19 bits per heavy atom. The number of sulfonamides is 1. The number of nitrogens with one attached hydrogen (secondary N) is 1. The van der Waals surface area contributed by atoms with E-state index in [4.69, 9.17) is 14.2 Å². The molecule has 2 unspecified atom stereocenters. The van der Waals surface area contributed by atoms with E-state index in [1.54, 1.807) is 49.6 Å². The summed E-state index contributed by atoms with van der Waals surface area (Å²) in [5.41, 5.74) is 1.25. The zero-order chi connectivity index (χ0) is 19.4. The molecule has 1 heterocycles. The van der Waals surface area contributed by atoms with Gasteiger partial charge in [-0.2, -0.15) is 4.72 Å². The predicted octanol–water partition coefficient (Wildman–Crippen LogP) is 1.97. The van der Waals surface area contributed by atoms with Crippen LogP contribution in [0.5, 0.6) is 5.75 Å². The monoisotopic (exact) mass is 391 g/mol. The van der Waals surface area contributed by atoms with Crippen LogP contribution >= 0.6 is 0 Å². The number of hydrogen-bond acceptors (Lipinski definition) is 6. The fraction of sp³-hybridized carbons (Fsp3) is 0.316. The molecule has 1 N–H and O–H groups in total. The van der Waals surface area contributed by atoms with Gasteiger partial charge in [-0.15, -0.1) is 0 Å². The zero-order valence-electron chi connectivity index (χ0n) is 15.0. The highest BCUT2D eigenvalue weighted by molar-refractivity contribution is 7.89.